The van der Waals surface area contributed by atoms with Gasteiger partial charge in [-0.25, -0.2) is 13.8 Å². The highest BCUT2D eigenvalue weighted by atomic mass is 32.1. The topological polar surface area (TPSA) is 89.2 Å². The molecule has 3 aromatic heterocycles. The number of aromatic hydroxyl groups is 1. The molecule has 0 spiro atoms. The number of benzene rings is 1. The summed E-state index contributed by atoms with van der Waals surface area (Å²) >= 11 is 0.838. The average molecular weight is 512 g/mol. The van der Waals surface area contributed by atoms with Gasteiger partial charge in [0, 0.05) is 29.2 Å². The van der Waals surface area contributed by atoms with E-state index in [1.165, 1.54) is 20.7 Å². The third kappa shape index (κ3) is 4.50. The molecule has 4 rings (SSSR count). The lowest BCUT2D eigenvalue weighted by molar-refractivity contribution is -0.142. The van der Waals surface area contributed by atoms with E-state index < -0.39 is 40.4 Å². The second-order valence-electron chi connectivity index (χ2n) is 7.88. The summed E-state index contributed by atoms with van der Waals surface area (Å²) in [6, 6.07) is 3.77. The molecule has 1 amide bonds. The van der Waals surface area contributed by atoms with E-state index in [1.54, 1.807) is 19.9 Å². The van der Waals surface area contributed by atoms with Crippen molar-refractivity contribution in [3.63, 3.8) is 0 Å². The van der Waals surface area contributed by atoms with E-state index in [-0.39, 0.29) is 34.7 Å². The second kappa shape index (κ2) is 8.80. The van der Waals surface area contributed by atoms with Gasteiger partial charge in [-0.05, 0) is 32.0 Å². The molecule has 0 aliphatic rings. The van der Waals surface area contributed by atoms with Crippen molar-refractivity contribution >= 4 is 33.4 Å². The predicted molar refractivity (Wildman–Crippen MR) is 119 cm³/mol. The summed E-state index contributed by atoms with van der Waals surface area (Å²) in [4.78, 5) is 28.7. The maximum atomic E-state index is 14.4. The fraction of sp³-hybridized carbons (Fsp3) is 0.227. The zero-order valence-corrected chi connectivity index (χ0v) is 19.0. The highest BCUT2D eigenvalue weighted by Crippen LogP contribution is 2.38. The normalized spacial score (nSPS) is 12.0. The van der Waals surface area contributed by atoms with Gasteiger partial charge in [0.05, 0.1) is 11.2 Å². The van der Waals surface area contributed by atoms with Crippen molar-refractivity contribution in [2.24, 2.45) is 0 Å². The molecule has 0 fully saturated rings. The van der Waals surface area contributed by atoms with Crippen LogP contribution in [-0.4, -0.2) is 25.1 Å². The summed E-state index contributed by atoms with van der Waals surface area (Å²) in [7, 11) is 0. The first-order valence-electron chi connectivity index (χ1n) is 10.1. The number of anilines is 1. The number of alkyl halides is 3. The Morgan fingerprint density at radius 2 is 1.94 bits per heavy atom. The lowest BCUT2D eigenvalue weighted by Gasteiger charge is -2.13. The van der Waals surface area contributed by atoms with Crippen LogP contribution in [-0.2, 0) is 17.5 Å². The molecule has 0 saturated heterocycles. The van der Waals surface area contributed by atoms with Crippen molar-refractivity contribution < 1.29 is 31.9 Å². The number of halogens is 5. The largest absolute Gasteiger partial charge is 0.505 e. The van der Waals surface area contributed by atoms with Gasteiger partial charge in [0.2, 0.25) is 5.91 Å². The number of pyridine rings is 1. The summed E-state index contributed by atoms with van der Waals surface area (Å²) in [5.74, 6) is -4.44. The number of hydrogen-bond donors (Lipinski definition) is 2. The number of rotatable bonds is 5. The number of amides is 1. The molecule has 3 heterocycles. The molecule has 13 heteroatoms. The van der Waals surface area contributed by atoms with Gasteiger partial charge in [-0.2, -0.15) is 13.2 Å². The van der Waals surface area contributed by atoms with Crippen LogP contribution in [0.3, 0.4) is 0 Å². The average Bonchev–Trinajstić information content (AvgIpc) is 3.34. The molecule has 7 nitrogen and oxygen atoms in total. The van der Waals surface area contributed by atoms with Crippen LogP contribution in [0.25, 0.3) is 22.3 Å². The first-order valence-corrected chi connectivity index (χ1v) is 11.0. The Morgan fingerprint density at radius 3 is 2.60 bits per heavy atom. The molecule has 0 bridgehead atoms. The van der Waals surface area contributed by atoms with E-state index in [1.807, 2.05) is 0 Å². The second-order valence-corrected chi connectivity index (χ2v) is 8.73. The van der Waals surface area contributed by atoms with Crippen molar-refractivity contribution in [3.8, 4) is 17.0 Å². The lowest BCUT2D eigenvalue weighted by Crippen LogP contribution is -2.22. The zero-order valence-electron chi connectivity index (χ0n) is 18.2. The molecular weight excluding hydrogens is 495 g/mol. The Hall–Kier alpha value is -3.74. The van der Waals surface area contributed by atoms with Gasteiger partial charge in [0.1, 0.15) is 35.0 Å². The van der Waals surface area contributed by atoms with Crippen molar-refractivity contribution in [2.45, 2.75) is 32.6 Å². The first kappa shape index (κ1) is 24.4. The molecule has 0 radical (unpaired) electrons. The van der Waals surface area contributed by atoms with Crippen LogP contribution in [0.5, 0.6) is 5.75 Å². The number of aromatic nitrogens is 3. The molecule has 35 heavy (non-hydrogen) atoms. The number of nitrogens with one attached hydrogen (secondary N) is 1. The molecule has 1 aromatic carbocycles. The minimum absolute atomic E-state index is 0.0259. The van der Waals surface area contributed by atoms with Gasteiger partial charge < -0.3 is 19.6 Å². The minimum Gasteiger partial charge on any atom is -0.505 e. The smallest absolute Gasteiger partial charge is 0.422 e. The van der Waals surface area contributed by atoms with Crippen LogP contribution in [0.1, 0.15) is 25.5 Å². The predicted octanol–water partition coefficient (Wildman–Crippen LogP) is 5.15. The summed E-state index contributed by atoms with van der Waals surface area (Å²) < 4.78 is 69.8. The molecule has 0 atom stereocenters. The quantitative estimate of drug-likeness (QED) is 0.362. The van der Waals surface area contributed by atoms with E-state index in [0.717, 1.165) is 23.5 Å². The monoisotopic (exact) mass is 512 g/mol. The van der Waals surface area contributed by atoms with Gasteiger partial charge in [-0.3, -0.25) is 9.59 Å². The fourth-order valence-corrected chi connectivity index (χ4v) is 4.48. The van der Waals surface area contributed by atoms with E-state index in [0.29, 0.717) is 11.6 Å². The van der Waals surface area contributed by atoms with Crippen molar-refractivity contribution in [1.29, 1.82) is 0 Å². The zero-order chi connectivity index (χ0) is 25.7. The van der Waals surface area contributed by atoms with Gasteiger partial charge in [-0.15, -0.1) is 11.3 Å². The van der Waals surface area contributed by atoms with Crippen molar-refractivity contribution in [2.75, 3.05) is 5.32 Å². The van der Waals surface area contributed by atoms with Crippen molar-refractivity contribution in [3.05, 3.63) is 63.4 Å². The Morgan fingerprint density at radius 1 is 1.23 bits per heavy atom. The Balaban J connectivity index is 1.58. The van der Waals surface area contributed by atoms with Gasteiger partial charge in [0.25, 0.3) is 5.56 Å². The number of carbonyl (C=O) groups is 1. The third-order valence-corrected chi connectivity index (χ3v) is 5.93. The Bertz CT molecular complexity index is 1500. The van der Waals surface area contributed by atoms with Crippen LogP contribution in [0, 0.1) is 11.6 Å². The Kier molecular flexibility index (Phi) is 6.13. The molecule has 0 saturated carbocycles. The van der Waals surface area contributed by atoms with E-state index in [4.69, 9.17) is 0 Å². The standard InChI is InChI=1S/C22H17F5N4O3S/c1-10(2)31-14-5-6-30(20(14)15(32)7-17(31)34)8-16(33)29-21-28-13(9-35-21)11-3-4-12(23)18(19(11)24)22(25,26)27/h3-7,9-10,32H,8H2,1-2H3,(H,28,29,33). The molecule has 0 aliphatic carbocycles. The van der Waals surface area contributed by atoms with E-state index in [9.17, 15) is 36.6 Å². The Labute approximate surface area is 198 Å². The first-order chi connectivity index (χ1) is 16.4. The van der Waals surface area contributed by atoms with Gasteiger partial charge >= 0.3 is 6.18 Å². The number of nitrogens with zero attached hydrogens (tertiary/aromatic N) is 3. The molecular formula is C22H17F5N4O3S. The van der Waals surface area contributed by atoms with Crippen LogP contribution in [0.4, 0.5) is 27.1 Å². The molecule has 2 N–H and O–H groups in total. The third-order valence-electron chi connectivity index (χ3n) is 5.17. The number of carbonyl (C=O) groups excluding carboxylic acids is 1. The number of hydrogen-bond acceptors (Lipinski definition) is 5. The van der Waals surface area contributed by atoms with Gasteiger partial charge in [-0.1, -0.05) is 0 Å². The number of fused-ring (bicyclic) bond motifs is 1. The van der Waals surface area contributed by atoms with Crippen LogP contribution in [0.2, 0.25) is 0 Å². The molecule has 0 aliphatic heterocycles. The molecule has 0 unspecified atom stereocenters. The fourth-order valence-electron chi connectivity index (χ4n) is 3.75. The number of thiazole rings is 1. The minimum atomic E-state index is -5.23. The maximum Gasteiger partial charge on any atom is 0.422 e. The highest BCUT2D eigenvalue weighted by molar-refractivity contribution is 7.14. The summed E-state index contributed by atoms with van der Waals surface area (Å²) in [6.07, 6.45) is -3.72. The summed E-state index contributed by atoms with van der Waals surface area (Å²) in [5, 5.41) is 13.9. The van der Waals surface area contributed by atoms with E-state index >= 15 is 0 Å². The van der Waals surface area contributed by atoms with Gasteiger partial charge in [0.15, 0.2) is 5.13 Å². The summed E-state index contributed by atoms with van der Waals surface area (Å²) in [6.45, 7) is 3.30. The highest BCUT2D eigenvalue weighted by Gasteiger charge is 2.39. The maximum absolute atomic E-state index is 14.4. The van der Waals surface area contributed by atoms with Crippen LogP contribution in [0.15, 0.2) is 40.6 Å². The molecule has 184 valence electrons. The SMILES string of the molecule is CC(C)n1c(=O)cc(O)c2c1ccn2CC(=O)Nc1nc(-c2ccc(F)c(C(F)(F)F)c2F)cs1. The van der Waals surface area contributed by atoms with Crippen molar-refractivity contribution in [1.82, 2.24) is 14.1 Å². The summed E-state index contributed by atoms with van der Waals surface area (Å²) in [5.41, 5.74) is -2.50. The van der Waals surface area contributed by atoms with Crippen LogP contribution < -0.4 is 10.9 Å². The molecule has 4 aromatic rings. The van der Waals surface area contributed by atoms with Crippen LogP contribution >= 0.6 is 11.3 Å². The lowest BCUT2D eigenvalue weighted by atomic mass is 10.1. The van der Waals surface area contributed by atoms with E-state index in [2.05, 4.69) is 10.3 Å².